The maximum Gasteiger partial charge on any atom is -0.0280 e. The van der Waals surface area contributed by atoms with Crippen LogP contribution in [0.4, 0.5) is 0 Å². The summed E-state index contributed by atoms with van der Waals surface area (Å²) in [4.78, 5) is 0. The van der Waals surface area contributed by atoms with E-state index in [-0.39, 0.29) is 0 Å². The van der Waals surface area contributed by atoms with Crippen molar-refractivity contribution in [2.24, 2.45) is 5.92 Å². The molecule has 1 aliphatic rings. The molecule has 1 rings (SSSR count). The number of hydrogen-bond acceptors (Lipinski definition) is 0. The molecule has 12 heavy (non-hydrogen) atoms. The first kappa shape index (κ1) is 9.83. The van der Waals surface area contributed by atoms with Crippen LogP contribution in [0.15, 0.2) is 11.1 Å². The molecule has 0 saturated heterocycles. The number of allylic oxidation sites excluding steroid dienone is 2. The zero-order valence-corrected chi connectivity index (χ0v) is 8.82. The van der Waals surface area contributed by atoms with E-state index < -0.39 is 0 Å². The normalized spacial score (nSPS) is 19.2. The molecule has 0 aromatic carbocycles. The summed E-state index contributed by atoms with van der Waals surface area (Å²) in [6.07, 6.45) is 8.24. The van der Waals surface area contributed by atoms with Gasteiger partial charge in [-0.15, -0.1) is 0 Å². The van der Waals surface area contributed by atoms with Crippen LogP contribution in [-0.4, -0.2) is 0 Å². The molecule has 0 saturated carbocycles. The topological polar surface area (TPSA) is 0 Å². The van der Waals surface area contributed by atoms with Crippen LogP contribution in [0.1, 0.15) is 59.3 Å². The van der Waals surface area contributed by atoms with E-state index in [1.807, 2.05) is 0 Å². The highest BCUT2D eigenvalue weighted by Crippen LogP contribution is 2.34. The fourth-order valence-corrected chi connectivity index (χ4v) is 1.83. The van der Waals surface area contributed by atoms with Crippen LogP contribution >= 0.6 is 0 Å². The van der Waals surface area contributed by atoms with Crippen molar-refractivity contribution >= 4 is 0 Å². The third kappa shape index (κ3) is 2.36. The zero-order chi connectivity index (χ0) is 8.97. The Morgan fingerprint density at radius 3 is 2.25 bits per heavy atom. The Morgan fingerprint density at radius 2 is 1.83 bits per heavy atom. The van der Waals surface area contributed by atoms with E-state index in [0.717, 1.165) is 5.92 Å². The smallest absolute Gasteiger partial charge is 0.0280 e. The van der Waals surface area contributed by atoms with Gasteiger partial charge in [0.2, 0.25) is 0 Å². The average molecular weight is 166 g/mol. The molecule has 0 radical (unpaired) electrons. The molecule has 0 aliphatic heterocycles. The first-order valence-corrected chi connectivity index (χ1v) is 5.47. The molecule has 0 bridgehead atoms. The van der Waals surface area contributed by atoms with Gasteiger partial charge in [-0.2, -0.15) is 0 Å². The molecule has 0 amide bonds. The van der Waals surface area contributed by atoms with E-state index in [1.165, 1.54) is 38.5 Å². The molecule has 1 atom stereocenters. The van der Waals surface area contributed by atoms with Crippen molar-refractivity contribution in [2.75, 3.05) is 0 Å². The van der Waals surface area contributed by atoms with Gasteiger partial charge in [-0.05, 0) is 38.0 Å². The Bertz CT molecular complexity index is 165. The summed E-state index contributed by atoms with van der Waals surface area (Å²) >= 11 is 0. The lowest BCUT2D eigenvalue weighted by Crippen LogP contribution is -2.05. The predicted octanol–water partition coefficient (Wildman–Crippen LogP) is 4.31. The molecule has 0 N–H and O–H groups in total. The van der Waals surface area contributed by atoms with Gasteiger partial charge in [0.05, 0.1) is 0 Å². The van der Waals surface area contributed by atoms with Crippen LogP contribution in [0.3, 0.4) is 0 Å². The third-order valence-corrected chi connectivity index (χ3v) is 3.29. The van der Waals surface area contributed by atoms with Crippen molar-refractivity contribution in [3.63, 3.8) is 0 Å². The van der Waals surface area contributed by atoms with E-state index in [4.69, 9.17) is 0 Å². The summed E-state index contributed by atoms with van der Waals surface area (Å²) < 4.78 is 0. The maximum atomic E-state index is 2.37. The molecule has 0 aromatic heterocycles. The van der Waals surface area contributed by atoms with Crippen molar-refractivity contribution < 1.29 is 0 Å². The van der Waals surface area contributed by atoms with Crippen LogP contribution in [-0.2, 0) is 0 Å². The van der Waals surface area contributed by atoms with Crippen molar-refractivity contribution in [2.45, 2.75) is 59.3 Å². The van der Waals surface area contributed by atoms with E-state index in [1.54, 1.807) is 11.1 Å². The highest BCUT2D eigenvalue weighted by atomic mass is 14.2. The molecule has 0 heteroatoms. The molecular weight excluding hydrogens is 144 g/mol. The van der Waals surface area contributed by atoms with Gasteiger partial charge >= 0.3 is 0 Å². The van der Waals surface area contributed by atoms with Crippen LogP contribution in [0.2, 0.25) is 0 Å². The lowest BCUT2D eigenvalue weighted by molar-refractivity contribution is 0.500. The van der Waals surface area contributed by atoms with Crippen LogP contribution in [0, 0.1) is 5.92 Å². The summed E-state index contributed by atoms with van der Waals surface area (Å²) in [7, 11) is 0. The van der Waals surface area contributed by atoms with Crippen molar-refractivity contribution in [1.82, 2.24) is 0 Å². The molecule has 0 aromatic rings. The quantitative estimate of drug-likeness (QED) is 0.534. The fraction of sp³-hybridized carbons (Fsp3) is 0.833. The summed E-state index contributed by atoms with van der Waals surface area (Å²) in [6, 6.07) is 0. The Labute approximate surface area is 77.1 Å². The standard InChI is InChI=1S/C12H22/c1-4-10(3)6-7-12-9-8-11(12)5-2/h10H,4-9H2,1-3H3. The molecule has 0 spiro atoms. The summed E-state index contributed by atoms with van der Waals surface area (Å²) in [5, 5.41) is 0. The lowest BCUT2D eigenvalue weighted by Gasteiger charge is -2.24. The second-order valence-corrected chi connectivity index (χ2v) is 4.11. The fourth-order valence-electron chi connectivity index (χ4n) is 1.83. The monoisotopic (exact) mass is 166 g/mol. The molecule has 70 valence electrons. The van der Waals surface area contributed by atoms with Crippen molar-refractivity contribution in [3.8, 4) is 0 Å². The van der Waals surface area contributed by atoms with Gasteiger partial charge in [-0.1, -0.05) is 38.3 Å². The molecular formula is C12H22. The van der Waals surface area contributed by atoms with Crippen molar-refractivity contribution in [1.29, 1.82) is 0 Å². The first-order chi connectivity index (χ1) is 5.77. The average Bonchev–Trinajstić information content (AvgIpc) is 2.03. The second kappa shape index (κ2) is 4.69. The second-order valence-electron chi connectivity index (χ2n) is 4.11. The van der Waals surface area contributed by atoms with Gasteiger partial charge in [0, 0.05) is 0 Å². The predicted molar refractivity (Wildman–Crippen MR) is 55.2 cm³/mol. The van der Waals surface area contributed by atoms with Crippen LogP contribution < -0.4 is 0 Å². The highest BCUT2D eigenvalue weighted by Gasteiger charge is 2.15. The minimum Gasteiger partial charge on any atom is -0.0710 e. The summed E-state index contributed by atoms with van der Waals surface area (Å²) in [5.74, 6) is 0.927. The first-order valence-electron chi connectivity index (χ1n) is 5.47. The minimum absolute atomic E-state index is 0.927. The van der Waals surface area contributed by atoms with E-state index >= 15 is 0 Å². The van der Waals surface area contributed by atoms with E-state index in [0.29, 0.717) is 0 Å². The van der Waals surface area contributed by atoms with Gasteiger partial charge in [0.25, 0.3) is 0 Å². The summed E-state index contributed by atoms with van der Waals surface area (Å²) in [6.45, 7) is 6.95. The Balaban J connectivity index is 2.24. The third-order valence-electron chi connectivity index (χ3n) is 3.29. The SMILES string of the molecule is CCC1=C(CCC(C)CC)CC1. The van der Waals surface area contributed by atoms with Gasteiger partial charge in [0.15, 0.2) is 0 Å². The highest BCUT2D eigenvalue weighted by molar-refractivity contribution is 5.23. The Hall–Kier alpha value is -0.260. The van der Waals surface area contributed by atoms with Gasteiger partial charge in [-0.3, -0.25) is 0 Å². The minimum atomic E-state index is 0.927. The number of rotatable bonds is 5. The molecule has 1 aliphatic carbocycles. The Kier molecular flexibility index (Phi) is 3.84. The molecule has 0 nitrogen and oxygen atoms in total. The maximum absolute atomic E-state index is 2.37. The van der Waals surface area contributed by atoms with Gasteiger partial charge < -0.3 is 0 Å². The lowest BCUT2D eigenvalue weighted by atomic mass is 9.82. The van der Waals surface area contributed by atoms with Gasteiger partial charge in [0.1, 0.15) is 0 Å². The van der Waals surface area contributed by atoms with Crippen molar-refractivity contribution in [3.05, 3.63) is 11.1 Å². The Morgan fingerprint density at radius 1 is 1.17 bits per heavy atom. The molecule has 0 fully saturated rings. The zero-order valence-electron chi connectivity index (χ0n) is 8.82. The largest absolute Gasteiger partial charge is 0.0710 e. The van der Waals surface area contributed by atoms with E-state index in [2.05, 4.69) is 20.8 Å². The number of hydrogen-bond donors (Lipinski definition) is 0. The summed E-state index contributed by atoms with van der Waals surface area (Å²) in [5.41, 5.74) is 3.55. The van der Waals surface area contributed by atoms with E-state index in [9.17, 15) is 0 Å². The molecule has 1 unspecified atom stereocenters. The van der Waals surface area contributed by atoms with Gasteiger partial charge in [-0.25, -0.2) is 0 Å². The van der Waals surface area contributed by atoms with Crippen LogP contribution in [0.25, 0.3) is 0 Å². The molecule has 0 heterocycles. The van der Waals surface area contributed by atoms with Crippen LogP contribution in [0.5, 0.6) is 0 Å².